The average molecular weight is 368 g/mol. The first kappa shape index (κ1) is 19.7. The molecular formula is C18H29N3O3S. The van der Waals surface area contributed by atoms with Gasteiger partial charge >= 0.3 is 0 Å². The summed E-state index contributed by atoms with van der Waals surface area (Å²) in [5, 5.41) is 0. The number of nitrogens with zero attached hydrogens (tertiary/aromatic N) is 3. The normalized spacial score (nSPS) is 17.4. The molecule has 6 nitrogen and oxygen atoms in total. The van der Waals surface area contributed by atoms with E-state index in [1.165, 1.54) is 10.6 Å². The van der Waals surface area contributed by atoms with E-state index in [1.54, 1.807) is 4.90 Å². The number of aryl methyl sites for hydroxylation is 2. The van der Waals surface area contributed by atoms with Gasteiger partial charge in [-0.1, -0.05) is 19.1 Å². The smallest absolute Gasteiger partial charge is 0.246 e. The van der Waals surface area contributed by atoms with Crippen molar-refractivity contribution in [2.75, 3.05) is 43.8 Å². The van der Waals surface area contributed by atoms with Gasteiger partial charge in [-0.3, -0.25) is 9.10 Å². The number of amides is 1. The number of carbonyl (C=O) groups is 1. The number of likely N-dealkylation sites (N-methyl/N-ethyl adjacent to an activating group) is 1. The van der Waals surface area contributed by atoms with Gasteiger partial charge in [0.15, 0.2) is 0 Å². The van der Waals surface area contributed by atoms with E-state index in [0.29, 0.717) is 25.2 Å². The fourth-order valence-electron chi connectivity index (χ4n) is 3.21. The predicted octanol–water partition coefficient (Wildman–Crippen LogP) is 1.62. The number of anilines is 1. The molecule has 1 atom stereocenters. The number of benzene rings is 1. The molecule has 140 valence electrons. The Morgan fingerprint density at radius 3 is 2.32 bits per heavy atom. The van der Waals surface area contributed by atoms with Crippen LogP contribution < -0.4 is 4.31 Å². The van der Waals surface area contributed by atoms with Gasteiger partial charge in [-0.15, -0.1) is 0 Å². The van der Waals surface area contributed by atoms with Crippen LogP contribution in [0.2, 0.25) is 0 Å². The Morgan fingerprint density at radius 1 is 1.20 bits per heavy atom. The van der Waals surface area contributed by atoms with Crippen LogP contribution in [0.4, 0.5) is 5.69 Å². The van der Waals surface area contributed by atoms with Crippen LogP contribution in [-0.4, -0.2) is 69.6 Å². The van der Waals surface area contributed by atoms with Gasteiger partial charge in [0.2, 0.25) is 15.9 Å². The Kier molecular flexibility index (Phi) is 6.11. The van der Waals surface area contributed by atoms with Crippen LogP contribution in [0.25, 0.3) is 0 Å². The molecule has 0 bridgehead atoms. The van der Waals surface area contributed by atoms with Crippen molar-refractivity contribution < 1.29 is 13.2 Å². The minimum atomic E-state index is -3.59. The van der Waals surface area contributed by atoms with Gasteiger partial charge in [-0.2, -0.15) is 0 Å². The highest BCUT2D eigenvalue weighted by molar-refractivity contribution is 7.92. The first-order valence-corrected chi connectivity index (χ1v) is 10.5. The summed E-state index contributed by atoms with van der Waals surface area (Å²) >= 11 is 0. The van der Waals surface area contributed by atoms with E-state index in [4.69, 9.17) is 0 Å². The van der Waals surface area contributed by atoms with E-state index in [0.717, 1.165) is 24.2 Å². The molecule has 0 radical (unpaired) electrons. The summed E-state index contributed by atoms with van der Waals surface area (Å²) in [7, 11) is -1.56. The Balaban J connectivity index is 2.41. The Morgan fingerprint density at radius 2 is 1.80 bits per heavy atom. The molecule has 1 saturated heterocycles. The average Bonchev–Trinajstić information content (AvgIpc) is 2.54. The summed E-state index contributed by atoms with van der Waals surface area (Å²) in [6.07, 6.45) is 1.61. The highest BCUT2D eigenvalue weighted by atomic mass is 32.2. The molecule has 0 saturated carbocycles. The molecule has 2 rings (SSSR count). The van der Waals surface area contributed by atoms with Crippen molar-refractivity contribution in [1.82, 2.24) is 9.80 Å². The van der Waals surface area contributed by atoms with E-state index in [1.807, 2.05) is 46.0 Å². The number of rotatable bonds is 5. The Labute approximate surface area is 151 Å². The second-order valence-corrected chi connectivity index (χ2v) is 8.76. The molecule has 1 amide bonds. The van der Waals surface area contributed by atoms with Crippen molar-refractivity contribution >= 4 is 21.6 Å². The topological polar surface area (TPSA) is 60.9 Å². The molecular weight excluding hydrogens is 338 g/mol. The molecule has 1 fully saturated rings. The van der Waals surface area contributed by atoms with E-state index >= 15 is 0 Å². The summed E-state index contributed by atoms with van der Waals surface area (Å²) in [5.41, 5.74) is 2.41. The first-order chi connectivity index (χ1) is 11.6. The second kappa shape index (κ2) is 7.74. The molecule has 7 heteroatoms. The van der Waals surface area contributed by atoms with Crippen LogP contribution in [0.15, 0.2) is 18.2 Å². The van der Waals surface area contributed by atoms with Crippen molar-refractivity contribution in [1.29, 1.82) is 0 Å². The molecule has 0 N–H and O–H groups in total. The fourth-order valence-corrected chi connectivity index (χ4v) is 4.47. The molecule has 1 aromatic rings. The largest absolute Gasteiger partial charge is 0.338 e. The minimum absolute atomic E-state index is 0.109. The van der Waals surface area contributed by atoms with E-state index in [2.05, 4.69) is 4.90 Å². The summed E-state index contributed by atoms with van der Waals surface area (Å²) in [6, 6.07) is 4.98. The Hall–Kier alpha value is -1.60. The highest BCUT2D eigenvalue weighted by Gasteiger charge is 2.35. The van der Waals surface area contributed by atoms with Crippen LogP contribution in [0.3, 0.4) is 0 Å². The number of hydrogen-bond donors (Lipinski definition) is 0. The molecule has 25 heavy (non-hydrogen) atoms. The summed E-state index contributed by atoms with van der Waals surface area (Å²) in [5.74, 6) is -0.109. The molecule has 0 aliphatic carbocycles. The van der Waals surface area contributed by atoms with Crippen LogP contribution in [0, 0.1) is 13.8 Å². The monoisotopic (exact) mass is 367 g/mol. The van der Waals surface area contributed by atoms with E-state index in [9.17, 15) is 13.2 Å². The van der Waals surface area contributed by atoms with Crippen molar-refractivity contribution in [2.45, 2.75) is 33.2 Å². The molecule has 1 aliphatic heterocycles. The summed E-state index contributed by atoms with van der Waals surface area (Å²) in [6.45, 7) is 8.55. The second-order valence-electron chi connectivity index (χ2n) is 6.90. The lowest BCUT2D eigenvalue weighted by Crippen LogP contribution is -2.55. The van der Waals surface area contributed by atoms with Gasteiger partial charge in [0.05, 0.1) is 11.9 Å². The number of sulfonamides is 1. The predicted molar refractivity (Wildman–Crippen MR) is 101 cm³/mol. The molecule has 1 aliphatic rings. The van der Waals surface area contributed by atoms with Gasteiger partial charge in [0.25, 0.3) is 0 Å². The number of hydrogen-bond acceptors (Lipinski definition) is 4. The van der Waals surface area contributed by atoms with Crippen molar-refractivity contribution in [3.05, 3.63) is 29.3 Å². The molecule has 0 aromatic heterocycles. The quantitative estimate of drug-likeness (QED) is 0.793. The third kappa shape index (κ3) is 4.52. The molecule has 0 unspecified atom stereocenters. The van der Waals surface area contributed by atoms with Gasteiger partial charge in [0, 0.05) is 26.2 Å². The third-order valence-electron chi connectivity index (χ3n) is 4.73. The highest BCUT2D eigenvalue weighted by Crippen LogP contribution is 2.28. The van der Waals surface area contributed by atoms with Crippen LogP contribution in [0.1, 0.15) is 24.5 Å². The van der Waals surface area contributed by atoms with Gasteiger partial charge < -0.3 is 9.80 Å². The van der Waals surface area contributed by atoms with Gasteiger partial charge in [0.1, 0.15) is 6.04 Å². The fraction of sp³-hybridized carbons (Fsp3) is 0.611. The van der Waals surface area contributed by atoms with E-state index < -0.39 is 16.1 Å². The zero-order valence-electron chi connectivity index (χ0n) is 15.8. The lowest BCUT2D eigenvalue weighted by molar-refractivity contribution is -0.134. The summed E-state index contributed by atoms with van der Waals surface area (Å²) < 4.78 is 26.5. The zero-order chi connectivity index (χ0) is 18.8. The maximum Gasteiger partial charge on any atom is 0.246 e. The maximum absolute atomic E-state index is 13.1. The lowest BCUT2D eigenvalue weighted by Gasteiger charge is -2.38. The first-order valence-electron chi connectivity index (χ1n) is 8.69. The van der Waals surface area contributed by atoms with Crippen LogP contribution in [0.5, 0.6) is 0 Å². The number of piperazine rings is 1. The molecule has 0 spiro atoms. The Bertz CT molecular complexity index is 725. The maximum atomic E-state index is 13.1. The van der Waals surface area contributed by atoms with E-state index in [-0.39, 0.29) is 5.91 Å². The van der Waals surface area contributed by atoms with Crippen molar-refractivity contribution in [3.63, 3.8) is 0 Å². The zero-order valence-corrected chi connectivity index (χ0v) is 16.6. The van der Waals surface area contributed by atoms with Gasteiger partial charge in [-0.25, -0.2) is 8.42 Å². The van der Waals surface area contributed by atoms with Crippen LogP contribution >= 0.6 is 0 Å². The third-order valence-corrected chi connectivity index (χ3v) is 5.89. The lowest BCUT2D eigenvalue weighted by atomic mass is 10.1. The summed E-state index contributed by atoms with van der Waals surface area (Å²) in [4.78, 5) is 17.1. The van der Waals surface area contributed by atoms with Crippen molar-refractivity contribution in [3.8, 4) is 0 Å². The standard InChI is InChI=1S/C18H29N3O3S/c1-6-16(18(22)20-11-9-19(4)10-12-20)21(25(5,23)24)17-13-14(2)7-8-15(17)3/h7-8,13,16H,6,9-12H2,1-5H3/t16-/m1/s1. The molecule has 1 aromatic carbocycles. The van der Waals surface area contributed by atoms with Gasteiger partial charge in [-0.05, 0) is 44.5 Å². The molecule has 1 heterocycles. The minimum Gasteiger partial charge on any atom is -0.338 e. The van der Waals surface area contributed by atoms with Crippen molar-refractivity contribution in [2.24, 2.45) is 0 Å². The number of carbonyl (C=O) groups excluding carboxylic acids is 1. The SMILES string of the molecule is CC[C@H](C(=O)N1CCN(C)CC1)N(c1cc(C)ccc1C)S(C)(=O)=O. The van der Waals surface area contributed by atoms with Crippen LogP contribution in [-0.2, 0) is 14.8 Å².